The Morgan fingerprint density at radius 3 is 2.67 bits per heavy atom. The molecule has 2 aromatic rings. The molecule has 7 nitrogen and oxygen atoms in total. The Labute approximate surface area is 104 Å². The van der Waals surface area contributed by atoms with Crippen molar-refractivity contribution in [2.45, 2.75) is 6.92 Å². The molecule has 0 saturated carbocycles. The van der Waals surface area contributed by atoms with Crippen molar-refractivity contribution in [1.29, 1.82) is 5.26 Å². The van der Waals surface area contributed by atoms with Crippen LogP contribution in [0.25, 0.3) is 11.2 Å². The molecule has 0 aliphatic heterocycles. The maximum absolute atomic E-state index is 12.2. The van der Waals surface area contributed by atoms with Crippen molar-refractivity contribution < 1.29 is 8.42 Å². The van der Waals surface area contributed by atoms with Crippen molar-refractivity contribution in [2.24, 2.45) is 0 Å². The molecule has 2 aromatic heterocycles. The van der Waals surface area contributed by atoms with Gasteiger partial charge in [0.1, 0.15) is 11.6 Å². The van der Waals surface area contributed by atoms with Gasteiger partial charge in [-0.25, -0.2) is 4.98 Å². The Balaban J connectivity index is 2.93. The molecular weight excluding hydrogens is 254 g/mol. The molecule has 18 heavy (non-hydrogen) atoms. The lowest BCUT2D eigenvalue weighted by Gasteiger charge is -2.13. The van der Waals surface area contributed by atoms with Gasteiger partial charge in [-0.05, 0) is 18.6 Å². The third-order valence-electron chi connectivity index (χ3n) is 2.40. The summed E-state index contributed by atoms with van der Waals surface area (Å²) in [5.74, 6) is -0.197. The second kappa shape index (κ2) is 4.04. The summed E-state index contributed by atoms with van der Waals surface area (Å²) in [6.45, 7) is 1.79. The lowest BCUT2D eigenvalue weighted by Crippen LogP contribution is -2.29. The molecule has 94 valence electrons. The molecule has 0 unspecified atom stereocenters. The van der Waals surface area contributed by atoms with Gasteiger partial charge < -0.3 is 0 Å². The Morgan fingerprint density at radius 1 is 1.44 bits per heavy atom. The van der Waals surface area contributed by atoms with E-state index in [9.17, 15) is 8.42 Å². The fraction of sp³-hybridized carbons (Fsp3) is 0.300. The van der Waals surface area contributed by atoms with Gasteiger partial charge in [-0.1, -0.05) is 0 Å². The highest BCUT2D eigenvalue weighted by Gasteiger charge is 2.24. The zero-order valence-electron chi connectivity index (χ0n) is 10.1. The van der Waals surface area contributed by atoms with E-state index in [2.05, 4.69) is 9.97 Å². The van der Waals surface area contributed by atoms with E-state index in [4.69, 9.17) is 5.26 Å². The summed E-state index contributed by atoms with van der Waals surface area (Å²) in [4.78, 5) is 7.92. The minimum Gasteiger partial charge on any atom is -0.235 e. The molecule has 0 amide bonds. The number of hydrogen-bond donors (Lipinski definition) is 0. The first-order valence-corrected chi connectivity index (χ1v) is 6.46. The zero-order valence-corrected chi connectivity index (χ0v) is 10.9. The smallest absolute Gasteiger partial charge is 0.235 e. The molecule has 0 aliphatic rings. The molecule has 0 radical (unpaired) electrons. The molecule has 0 saturated heterocycles. The van der Waals surface area contributed by atoms with Crippen molar-refractivity contribution in [3.8, 4) is 6.07 Å². The molecule has 2 rings (SSSR count). The minimum atomic E-state index is -3.79. The number of pyridine rings is 1. The summed E-state index contributed by atoms with van der Waals surface area (Å²) in [5, 5.41) is 8.99. The van der Waals surface area contributed by atoms with Gasteiger partial charge in [0.2, 0.25) is 5.82 Å². The first-order valence-electron chi connectivity index (χ1n) is 5.06. The molecule has 0 N–H and O–H groups in total. The third-order valence-corrected chi connectivity index (χ3v) is 4.15. The quantitative estimate of drug-likeness (QED) is 0.777. The molecule has 0 bridgehead atoms. The van der Waals surface area contributed by atoms with Gasteiger partial charge in [0, 0.05) is 20.3 Å². The maximum Gasteiger partial charge on any atom is 0.309 e. The number of aryl methyl sites for hydroxylation is 1. The molecule has 8 heteroatoms. The van der Waals surface area contributed by atoms with Crippen LogP contribution < -0.4 is 0 Å². The van der Waals surface area contributed by atoms with Gasteiger partial charge in [0.05, 0.1) is 0 Å². The van der Waals surface area contributed by atoms with E-state index in [0.717, 1.165) is 13.8 Å². The van der Waals surface area contributed by atoms with Crippen LogP contribution in [0.15, 0.2) is 12.3 Å². The summed E-state index contributed by atoms with van der Waals surface area (Å²) in [7, 11) is -1.01. The number of aromatic nitrogens is 3. The number of nitriles is 1. The van der Waals surface area contributed by atoms with E-state index in [-0.39, 0.29) is 11.5 Å². The number of imidazole rings is 1. The lowest BCUT2D eigenvalue weighted by atomic mass is 10.3. The van der Waals surface area contributed by atoms with Crippen molar-refractivity contribution >= 4 is 21.4 Å². The summed E-state index contributed by atoms with van der Waals surface area (Å²) >= 11 is 0. The number of hydrogen-bond acceptors (Lipinski definition) is 5. The monoisotopic (exact) mass is 265 g/mol. The Bertz CT molecular complexity index is 754. The summed E-state index contributed by atoms with van der Waals surface area (Å²) in [6.07, 6.45) is 1.57. The largest absolute Gasteiger partial charge is 0.309 e. The Hall–Kier alpha value is -1.98. The SMILES string of the molecule is Cc1cnc2nc(C#N)n(S(=O)(=O)N(C)C)c2c1. The second-order valence-electron chi connectivity index (χ2n) is 3.96. The second-order valence-corrected chi connectivity index (χ2v) is 5.95. The minimum absolute atomic E-state index is 0.197. The number of rotatable bonds is 2. The molecule has 2 heterocycles. The third kappa shape index (κ3) is 1.73. The molecule has 0 atom stereocenters. The van der Waals surface area contributed by atoms with Crippen LogP contribution in [0.2, 0.25) is 0 Å². The highest BCUT2D eigenvalue weighted by Crippen LogP contribution is 2.18. The van der Waals surface area contributed by atoms with Crippen LogP contribution in [-0.4, -0.2) is 40.8 Å². The van der Waals surface area contributed by atoms with Gasteiger partial charge in [0.15, 0.2) is 5.65 Å². The van der Waals surface area contributed by atoms with Crippen LogP contribution in [0.5, 0.6) is 0 Å². The summed E-state index contributed by atoms with van der Waals surface area (Å²) < 4.78 is 26.3. The average molecular weight is 265 g/mol. The van der Waals surface area contributed by atoms with E-state index in [1.165, 1.54) is 14.1 Å². The summed E-state index contributed by atoms with van der Waals surface area (Å²) in [5.41, 5.74) is 1.34. The first kappa shape index (κ1) is 12.5. The Kier molecular flexibility index (Phi) is 2.80. The van der Waals surface area contributed by atoms with Crippen molar-refractivity contribution in [3.63, 3.8) is 0 Å². The number of nitrogens with zero attached hydrogens (tertiary/aromatic N) is 5. The van der Waals surface area contributed by atoms with Gasteiger partial charge >= 0.3 is 10.2 Å². The topological polar surface area (TPSA) is 91.9 Å². The fourth-order valence-corrected chi connectivity index (χ4v) is 2.52. The molecule has 0 aromatic carbocycles. The van der Waals surface area contributed by atoms with E-state index in [1.807, 2.05) is 0 Å². The standard InChI is InChI=1S/C10H11N5O2S/c1-7-4-8-10(12-6-7)13-9(5-11)15(8)18(16,17)14(2)3/h4,6H,1-3H3. The van der Waals surface area contributed by atoms with E-state index in [0.29, 0.717) is 5.52 Å². The highest BCUT2D eigenvalue weighted by molar-refractivity contribution is 7.87. The van der Waals surface area contributed by atoms with Crippen molar-refractivity contribution in [1.82, 2.24) is 18.2 Å². The Morgan fingerprint density at radius 2 is 2.11 bits per heavy atom. The predicted octanol–water partition coefficient (Wildman–Crippen LogP) is 0.266. The van der Waals surface area contributed by atoms with Crippen LogP contribution in [0.4, 0.5) is 0 Å². The van der Waals surface area contributed by atoms with Crippen LogP contribution in [-0.2, 0) is 10.2 Å². The van der Waals surface area contributed by atoms with Crippen LogP contribution in [0.3, 0.4) is 0 Å². The molecule has 0 aliphatic carbocycles. The van der Waals surface area contributed by atoms with Crippen LogP contribution in [0, 0.1) is 18.3 Å². The van der Waals surface area contributed by atoms with Gasteiger partial charge in [0.25, 0.3) is 0 Å². The van der Waals surface area contributed by atoms with Crippen LogP contribution >= 0.6 is 0 Å². The average Bonchev–Trinajstić information content (AvgIpc) is 2.66. The summed E-state index contributed by atoms with van der Waals surface area (Å²) in [6, 6.07) is 3.41. The van der Waals surface area contributed by atoms with E-state index in [1.54, 1.807) is 25.3 Å². The first-order chi connectivity index (χ1) is 8.37. The van der Waals surface area contributed by atoms with E-state index >= 15 is 0 Å². The van der Waals surface area contributed by atoms with Gasteiger partial charge in [-0.15, -0.1) is 0 Å². The molecule has 0 spiro atoms. The fourth-order valence-electron chi connectivity index (χ4n) is 1.51. The highest BCUT2D eigenvalue weighted by atomic mass is 32.2. The maximum atomic E-state index is 12.2. The van der Waals surface area contributed by atoms with Crippen molar-refractivity contribution in [2.75, 3.05) is 14.1 Å². The van der Waals surface area contributed by atoms with Crippen molar-refractivity contribution in [3.05, 3.63) is 23.7 Å². The molecule has 0 fully saturated rings. The zero-order chi connectivity index (χ0) is 13.5. The van der Waals surface area contributed by atoms with Crippen LogP contribution in [0.1, 0.15) is 11.4 Å². The molecular formula is C10H11N5O2S. The normalized spacial score (nSPS) is 11.9. The van der Waals surface area contributed by atoms with Gasteiger partial charge in [-0.3, -0.25) is 0 Å². The van der Waals surface area contributed by atoms with E-state index < -0.39 is 10.2 Å². The van der Waals surface area contributed by atoms with Gasteiger partial charge in [-0.2, -0.15) is 26.9 Å². The number of fused-ring (bicyclic) bond motifs is 1. The lowest BCUT2D eigenvalue weighted by molar-refractivity contribution is 0.511. The predicted molar refractivity (Wildman–Crippen MR) is 65.0 cm³/mol.